The van der Waals surface area contributed by atoms with Gasteiger partial charge in [-0.15, -0.1) is 0 Å². The third-order valence-corrected chi connectivity index (χ3v) is 2.95. The van der Waals surface area contributed by atoms with Crippen molar-refractivity contribution in [1.82, 2.24) is 5.32 Å². The van der Waals surface area contributed by atoms with Gasteiger partial charge in [-0.1, -0.05) is 6.07 Å². The van der Waals surface area contributed by atoms with E-state index in [0.717, 1.165) is 13.2 Å². The number of carbonyl (C=O) groups is 1. The van der Waals surface area contributed by atoms with E-state index in [2.05, 4.69) is 4.74 Å². The lowest BCUT2D eigenvalue weighted by atomic mass is 9.97. The van der Waals surface area contributed by atoms with Crippen LogP contribution in [-0.2, 0) is 10.9 Å². The molecule has 0 bridgehead atoms. The first-order valence-electron chi connectivity index (χ1n) is 5.71. The van der Waals surface area contributed by atoms with Crippen molar-refractivity contribution in [3.63, 3.8) is 0 Å². The van der Waals surface area contributed by atoms with Crippen molar-refractivity contribution in [2.75, 3.05) is 13.7 Å². The van der Waals surface area contributed by atoms with Gasteiger partial charge in [-0.25, -0.2) is 13.6 Å². The summed E-state index contributed by atoms with van der Waals surface area (Å²) in [6, 6.07) is 0.282. The highest BCUT2D eigenvalue weighted by Gasteiger charge is 2.48. The number of alkyl carbamates (subject to hydrolysis) is 1. The van der Waals surface area contributed by atoms with Crippen molar-refractivity contribution in [3.05, 3.63) is 29.3 Å². The van der Waals surface area contributed by atoms with Crippen molar-refractivity contribution in [1.29, 1.82) is 0 Å². The van der Waals surface area contributed by atoms with Gasteiger partial charge in [0.25, 0.3) is 0 Å². The lowest BCUT2D eigenvalue weighted by molar-refractivity contribution is -0.137. The second-order valence-corrected chi connectivity index (χ2v) is 4.37. The molecule has 0 unspecified atom stereocenters. The molecule has 1 amide bonds. The maximum Gasteiger partial charge on any atom is 0.416 e. The maximum atomic E-state index is 13.8. The summed E-state index contributed by atoms with van der Waals surface area (Å²) in [6.45, 7) is -1.16. The highest BCUT2D eigenvalue weighted by atomic mass is 19.4. The lowest BCUT2D eigenvalue weighted by Gasteiger charge is -2.32. The first-order chi connectivity index (χ1) is 9.65. The Morgan fingerprint density at radius 1 is 1.38 bits per heavy atom. The number of halogens is 5. The van der Waals surface area contributed by atoms with E-state index in [4.69, 9.17) is 4.74 Å². The summed E-state index contributed by atoms with van der Waals surface area (Å²) in [6.07, 6.45) is -5.71. The zero-order valence-electron chi connectivity index (χ0n) is 10.6. The normalized spacial score (nSPS) is 21.4. The summed E-state index contributed by atoms with van der Waals surface area (Å²) in [7, 11) is 1.05. The van der Waals surface area contributed by atoms with Crippen molar-refractivity contribution < 1.29 is 36.2 Å². The predicted octanol–water partition coefficient (Wildman–Crippen LogP) is 3.13. The fraction of sp³-hybridized carbons (Fsp3) is 0.417. The molecule has 1 atom stereocenters. The van der Waals surface area contributed by atoms with Crippen LogP contribution in [0.25, 0.3) is 0 Å². The standard InChI is InChI=1S/C12H10F5NO3/c1-20-8-4-6(12(15,16)17)2-3-7(8)9-11(13,14)5-21-10(19)18-9/h2-4,9H,5H2,1H3,(H,18,19)/t9-/m0/s1. The first-order valence-corrected chi connectivity index (χ1v) is 5.71. The Labute approximate surface area is 115 Å². The molecular weight excluding hydrogens is 301 g/mol. The van der Waals surface area contributed by atoms with Crippen LogP contribution < -0.4 is 10.1 Å². The van der Waals surface area contributed by atoms with Crippen LogP contribution in [0.15, 0.2) is 18.2 Å². The molecule has 0 aromatic heterocycles. The fourth-order valence-corrected chi connectivity index (χ4v) is 1.94. The zero-order chi connectivity index (χ0) is 15.8. The number of cyclic esters (lactones) is 1. The molecule has 0 aliphatic carbocycles. The molecule has 1 aromatic carbocycles. The third kappa shape index (κ3) is 3.01. The Balaban J connectivity index is 2.45. The first kappa shape index (κ1) is 15.3. The summed E-state index contributed by atoms with van der Waals surface area (Å²) in [5.41, 5.74) is -1.29. The molecule has 9 heteroatoms. The minimum atomic E-state index is -4.63. The van der Waals surface area contributed by atoms with Gasteiger partial charge in [-0.3, -0.25) is 0 Å². The van der Waals surface area contributed by atoms with E-state index in [1.165, 1.54) is 0 Å². The minimum absolute atomic E-state index is 0.257. The quantitative estimate of drug-likeness (QED) is 0.854. The van der Waals surface area contributed by atoms with Gasteiger partial charge in [0.1, 0.15) is 11.8 Å². The number of methoxy groups -OCH3 is 1. The molecule has 116 valence electrons. The van der Waals surface area contributed by atoms with Gasteiger partial charge < -0.3 is 14.8 Å². The molecular formula is C12H10F5NO3. The largest absolute Gasteiger partial charge is 0.496 e. The van der Waals surface area contributed by atoms with Crippen LogP contribution in [0.3, 0.4) is 0 Å². The number of ether oxygens (including phenoxy) is 2. The topological polar surface area (TPSA) is 47.6 Å². The average Bonchev–Trinajstić information content (AvgIpc) is 2.40. The Hall–Kier alpha value is -2.06. The van der Waals surface area contributed by atoms with Gasteiger partial charge in [0.15, 0.2) is 6.61 Å². The molecule has 0 spiro atoms. The average molecular weight is 311 g/mol. The minimum Gasteiger partial charge on any atom is -0.496 e. The molecule has 0 radical (unpaired) electrons. The summed E-state index contributed by atoms with van der Waals surface area (Å²) in [5.74, 6) is -3.86. The van der Waals surface area contributed by atoms with Crippen LogP contribution in [0.5, 0.6) is 5.75 Å². The van der Waals surface area contributed by atoms with Gasteiger partial charge in [-0.05, 0) is 12.1 Å². The second-order valence-electron chi connectivity index (χ2n) is 4.37. The number of hydrogen-bond donors (Lipinski definition) is 1. The Kier molecular flexibility index (Phi) is 3.68. The van der Waals surface area contributed by atoms with Crippen molar-refractivity contribution >= 4 is 6.09 Å². The number of hydrogen-bond acceptors (Lipinski definition) is 3. The van der Waals surface area contributed by atoms with Crippen molar-refractivity contribution in [2.45, 2.75) is 18.1 Å². The highest BCUT2D eigenvalue weighted by molar-refractivity contribution is 5.69. The summed E-state index contributed by atoms with van der Waals surface area (Å²) >= 11 is 0. The third-order valence-electron chi connectivity index (χ3n) is 2.95. The SMILES string of the molecule is COc1cc(C(F)(F)F)ccc1[C@@H]1NC(=O)OCC1(F)F. The Morgan fingerprint density at radius 2 is 2.05 bits per heavy atom. The van der Waals surface area contributed by atoms with Gasteiger partial charge in [0, 0.05) is 5.56 Å². The molecule has 21 heavy (non-hydrogen) atoms. The van der Waals surface area contributed by atoms with Gasteiger partial charge in [0.2, 0.25) is 0 Å². The molecule has 2 rings (SSSR count). The van der Waals surface area contributed by atoms with Crippen LogP contribution >= 0.6 is 0 Å². The summed E-state index contributed by atoms with van der Waals surface area (Å²) < 4.78 is 74.2. The molecule has 1 heterocycles. The number of amides is 1. The van der Waals surface area contributed by atoms with E-state index < -0.39 is 42.2 Å². The smallest absolute Gasteiger partial charge is 0.416 e. The zero-order valence-corrected chi connectivity index (χ0v) is 10.6. The fourth-order valence-electron chi connectivity index (χ4n) is 1.94. The van der Waals surface area contributed by atoms with Crippen LogP contribution in [0.1, 0.15) is 17.2 Å². The van der Waals surface area contributed by atoms with Crippen LogP contribution in [0, 0.1) is 0 Å². The number of alkyl halides is 5. The number of benzene rings is 1. The van der Waals surface area contributed by atoms with E-state index in [1.54, 1.807) is 0 Å². The lowest BCUT2D eigenvalue weighted by Crippen LogP contribution is -2.49. The van der Waals surface area contributed by atoms with E-state index in [1.807, 2.05) is 5.32 Å². The van der Waals surface area contributed by atoms with Gasteiger partial charge in [-0.2, -0.15) is 13.2 Å². The Morgan fingerprint density at radius 3 is 2.62 bits per heavy atom. The van der Waals surface area contributed by atoms with E-state index in [9.17, 15) is 26.7 Å². The van der Waals surface area contributed by atoms with E-state index in [0.29, 0.717) is 12.1 Å². The van der Waals surface area contributed by atoms with Crippen LogP contribution in [-0.4, -0.2) is 25.7 Å². The van der Waals surface area contributed by atoms with Crippen molar-refractivity contribution in [2.24, 2.45) is 0 Å². The molecule has 1 fully saturated rings. The predicted molar refractivity (Wildman–Crippen MR) is 60.2 cm³/mol. The monoisotopic (exact) mass is 311 g/mol. The second kappa shape index (κ2) is 5.05. The highest BCUT2D eigenvalue weighted by Crippen LogP contribution is 2.41. The number of carbonyl (C=O) groups excluding carboxylic acids is 1. The van der Waals surface area contributed by atoms with Gasteiger partial charge >= 0.3 is 18.2 Å². The molecule has 4 nitrogen and oxygen atoms in total. The van der Waals surface area contributed by atoms with Crippen LogP contribution in [0.4, 0.5) is 26.7 Å². The molecule has 1 N–H and O–H groups in total. The van der Waals surface area contributed by atoms with Gasteiger partial charge in [0.05, 0.1) is 12.7 Å². The van der Waals surface area contributed by atoms with Crippen molar-refractivity contribution in [3.8, 4) is 5.75 Å². The van der Waals surface area contributed by atoms with Crippen LogP contribution in [0.2, 0.25) is 0 Å². The molecule has 1 saturated heterocycles. The molecule has 1 aliphatic heterocycles. The Bertz CT molecular complexity index is 558. The summed E-state index contributed by atoms with van der Waals surface area (Å²) in [4.78, 5) is 11.1. The molecule has 1 aromatic rings. The number of nitrogens with one attached hydrogen (secondary N) is 1. The maximum absolute atomic E-state index is 13.8. The molecule has 1 aliphatic rings. The van der Waals surface area contributed by atoms with E-state index in [-0.39, 0.29) is 5.56 Å². The molecule has 0 saturated carbocycles. The summed E-state index contributed by atoms with van der Waals surface area (Å²) in [5, 5.41) is 1.88. The van der Waals surface area contributed by atoms with E-state index >= 15 is 0 Å². The number of rotatable bonds is 2.